The Hall–Kier alpha value is -3.32. The Balaban J connectivity index is 1.15. The van der Waals surface area contributed by atoms with E-state index in [1.807, 2.05) is 30.3 Å². The SMILES string of the molecule is C[C@]12CC[C@H]3[C@@H](CC=C4C[C@@H](O)CC[C@@]43C)[C@@H]1CC[C@@H]2NC(=O)[C@@H](Cc1ccc(O)cc1)NC(=O)OCc1ccccc1. The molecule has 0 heterocycles. The van der Waals surface area contributed by atoms with Crippen LogP contribution in [0, 0.1) is 28.6 Å². The predicted octanol–water partition coefficient (Wildman–Crippen LogP) is 6.04. The number of hydrogen-bond acceptors (Lipinski definition) is 5. The minimum Gasteiger partial charge on any atom is -0.508 e. The second-order valence-corrected chi connectivity index (χ2v) is 14.0. The lowest BCUT2D eigenvalue weighted by Gasteiger charge is -2.58. The van der Waals surface area contributed by atoms with Crippen molar-refractivity contribution in [2.24, 2.45) is 28.6 Å². The Kier molecular flexibility index (Phi) is 8.29. The highest BCUT2D eigenvalue weighted by Gasteiger charge is 2.59. The van der Waals surface area contributed by atoms with E-state index in [2.05, 4.69) is 30.6 Å². The number of phenols is 1. The molecule has 6 rings (SSSR count). The number of aliphatic hydroxyl groups is 1. The van der Waals surface area contributed by atoms with E-state index < -0.39 is 12.1 Å². The van der Waals surface area contributed by atoms with Crippen LogP contribution in [-0.2, 0) is 22.6 Å². The lowest BCUT2D eigenvalue weighted by Crippen LogP contribution is -2.56. The number of phenolic OH excluding ortho intramolecular Hbond substituents is 1. The molecular weight excluding hydrogens is 540 g/mol. The maximum absolute atomic E-state index is 13.9. The third-order valence-electron chi connectivity index (χ3n) is 11.6. The quantitative estimate of drug-likeness (QED) is 0.296. The second kappa shape index (κ2) is 12.0. The fourth-order valence-electron chi connectivity index (χ4n) is 9.14. The molecule has 0 bridgehead atoms. The van der Waals surface area contributed by atoms with Crippen molar-refractivity contribution in [1.82, 2.24) is 10.6 Å². The summed E-state index contributed by atoms with van der Waals surface area (Å²) < 4.78 is 5.47. The monoisotopic (exact) mass is 586 g/mol. The molecule has 4 N–H and O–H groups in total. The Morgan fingerprint density at radius 3 is 2.49 bits per heavy atom. The number of carbonyl (C=O) groups is 2. The van der Waals surface area contributed by atoms with E-state index in [0.29, 0.717) is 24.2 Å². The lowest BCUT2D eigenvalue weighted by molar-refractivity contribution is -0.125. The zero-order valence-corrected chi connectivity index (χ0v) is 25.4. The molecule has 0 unspecified atom stereocenters. The molecule has 0 saturated heterocycles. The van der Waals surface area contributed by atoms with Crippen LogP contribution >= 0.6 is 0 Å². The van der Waals surface area contributed by atoms with Crippen molar-refractivity contribution < 1.29 is 24.5 Å². The predicted molar refractivity (Wildman–Crippen MR) is 165 cm³/mol. The summed E-state index contributed by atoms with van der Waals surface area (Å²) in [4.78, 5) is 26.7. The first-order chi connectivity index (χ1) is 20.7. The summed E-state index contributed by atoms with van der Waals surface area (Å²) in [5, 5.41) is 26.3. The van der Waals surface area contributed by atoms with Crippen LogP contribution in [0.3, 0.4) is 0 Å². The molecule has 4 aliphatic rings. The second-order valence-electron chi connectivity index (χ2n) is 14.0. The number of carbonyl (C=O) groups excluding carboxylic acids is 2. The van der Waals surface area contributed by atoms with Gasteiger partial charge in [-0.25, -0.2) is 4.79 Å². The molecule has 2 amide bonds. The van der Waals surface area contributed by atoms with E-state index in [0.717, 1.165) is 62.5 Å². The molecule has 0 spiro atoms. The van der Waals surface area contributed by atoms with Crippen LogP contribution in [0.5, 0.6) is 5.75 Å². The van der Waals surface area contributed by atoms with Gasteiger partial charge in [0.15, 0.2) is 0 Å². The molecule has 8 atom stereocenters. The highest BCUT2D eigenvalue weighted by molar-refractivity contribution is 5.86. The Morgan fingerprint density at radius 1 is 0.953 bits per heavy atom. The number of hydrogen-bond donors (Lipinski definition) is 4. The molecule has 0 aliphatic heterocycles. The van der Waals surface area contributed by atoms with Crippen molar-refractivity contribution in [2.75, 3.05) is 0 Å². The summed E-state index contributed by atoms with van der Waals surface area (Å²) in [5.74, 6) is 1.73. The number of benzene rings is 2. The molecule has 43 heavy (non-hydrogen) atoms. The number of ether oxygens (including phenoxy) is 1. The lowest BCUT2D eigenvalue weighted by atomic mass is 9.48. The highest BCUT2D eigenvalue weighted by Crippen LogP contribution is 2.64. The van der Waals surface area contributed by atoms with Crippen LogP contribution in [0.25, 0.3) is 0 Å². The maximum Gasteiger partial charge on any atom is 0.408 e. The van der Waals surface area contributed by atoms with E-state index in [9.17, 15) is 19.8 Å². The normalized spacial score (nSPS) is 33.7. The molecule has 0 radical (unpaired) electrons. The summed E-state index contributed by atoms with van der Waals surface area (Å²) in [7, 11) is 0. The third-order valence-corrected chi connectivity index (χ3v) is 11.6. The fraction of sp³-hybridized carbons (Fsp3) is 0.556. The number of allylic oxidation sites excluding steroid dienone is 1. The van der Waals surface area contributed by atoms with Gasteiger partial charge in [-0.15, -0.1) is 0 Å². The van der Waals surface area contributed by atoms with Crippen LogP contribution in [0.4, 0.5) is 4.79 Å². The van der Waals surface area contributed by atoms with Gasteiger partial charge in [0.1, 0.15) is 18.4 Å². The van der Waals surface area contributed by atoms with Crippen molar-refractivity contribution in [3.05, 3.63) is 77.4 Å². The number of alkyl carbamates (subject to hydrolysis) is 1. The fourth-order valence-corrected chi connectivity index (χ4v) is 9.14. The molecule has 7 nitrogen and oxygen atoms in total. The van der Waals surface area contributed by atoms with E-state index in [1.165, 1.54) is 5.57 Å². The number of aliphatic hydroxyl groups excluding tert-OH is 1. The number of fused-ring (bicyclic) bond motifs is 5. The maximum atomic E-state index is 13.9. The van der Waals surface area contributed by atoms with E-state index >= 15 is 0 Å². The third kappa shape index (κ3) is 5.93. The van der Waals surface area contributed by atoms with Crippen LogP contribution in [0.1, 0.15) is 76.3 Å². The van der Waals surface area contributed by atoms with Gasteiger partial charge in [-0.2, -0.15) is 0 Å². The highest BCUT2D eigenvalue weighted by atomic mass is 16.5. The van der Waals surface area contributed by atoms with Gasteiger partial charge >= 0.3 is 6.09 Å². The summed E-state index contributed by atoms with van der Waals surface area (Å²) in [6.45, 7) is 4.93. The van der Waals surface area contributed by atoms with Gasteiger partial charge in [-0.1, -0.05) is 68.0 Å². The van der Waals surface area contributed by atoms with E-state index in [-0.39, 0.29) is 41.2 Å². The summed E-state index contributed by atoms with van der Waals surface area (Å²) in [6.07, 6.45) is 10.0. The number of aromatic hydroxyl groups is 1. The topological polar surface area (TPSA) is 108 Å². The van der Waals surface area contributed by atoms with Crippen LogP contribution in [0.2, 0.25) is 0 Å². The first kappa shape index (κ1) is 29.7. The number of rotatable bonds is 7. The Labute approximate surface area is 255 Å². The summed E-state index contributed by atoms with van der Waals surface area (Å²) in [6, 6.07) is 15.4. The van der Waals surface area contributed by atoms with Gasteiger partial charge in [-0.05, 0) is 103 Å². The largest absolute Gasteiger partial charge is 0.508 e. The van der Waals surface area contributed by atoms with Crippen LogP contribution in [0.15, 0.2) is 66.2 Å². The van der Waals surface area contributed by atoms with Crippen molar-refractivity contribution in [1.29, 1.82) is 0 Å². The average molecular weight is 587 g/mol. The average Bonchev–Trinajstić information content (AvgIpc) is 3.33. The van der Waals surface area contributed by atoms with Crippen molar-refractivity contribution in [3.8, 4) is 5.75 Å². The first-order valence-electron chi connectivity index (χ1n) is 16.1. The molecule has 7 heteroatoms. The van der Waals surface area contributed by atoms with Gasteiger partial charge in [0.25, 0.3) is 0 Å². The Bertz CT molecular complexity index is 1340. The molecule has 2 aromatic carbocycles. The minimum absolute atomic E-state index is 0.00359. The Morgan fingerprint density at radius 2 is 1.72 bits per heavy atom. The smallest absolute Gasteiger partial charge is 0.408 e. The molecular formula is C36H46N2O5. The standard InChI is InChI=1S/C36H46N2O5/c1-35-18-16-27(40)21-25(35)10-13-28-29-14-15-32(36(29,2)19-17-30(28)35)38-33(41)31(20-23-8-11-26(39)12-9-23)37-34(42)43-22-24-6-4-3-5-7-24/h3-12,27-32,39-40H,13-22H2,1-2H3,(H,37,42)(H,38,41)/t27-,28-,29-,30-,31+,32-,35-,36-/m0/s1. The minimum atomic E-state index is -0.806. The molecule has 3 saturated carbocycles. The van der Waals surface area contributed by atoms with Gasteiger partial charge in [0.2, 0.25) is 5.91 Å². The molecule has 4 aliphatic carbocycles. The van der Waals surface area contributed by atoms with E-state index in [1.54, 1.807) is 24.3 Å². The van der Waals surface area contributed by atoms with Crippen molar-refractivity contribution in [2.45, 2.75) is 96.4 Å². The van der Waals surface area contributed by atoms with Gasteiger partial charge in [0.05, 0.1) is 6.10 Å². The van der Waals surface area contributed by atoms with Gasteiger partial charge < -0.3 is 25.6 Å². The zero-order valence-electron chi connectivity index (χ0n) is 25.4. The van der Waals surface area contributed by atoms with Gasteiger partial charge in [-0.3, -0.25) is 4.79 Å². The summed E-state index contributed by atoms with van der Waals surface area (Å²) >= 11 is 0. The zero-order chi connectivity index (χ0) is 30.2. The summed E-state index contributed by atoms with van der Waals surface area (Å²) in [5.41, 5.74) is 3.38. The van der Waals surface area contributed by atoms with Gasteiger partial charge in [0, 0.05) is 12.5 Å². The number of nitrogens with one attached hydrogen (secondary N) is 2. The molecule has 2 aromatic rings. The molecule has 0 aromatic heterocycles. The molecule has 3 fully saturated rings. The molecule has 230 valence electrons. The number of amides is 2. The first-order valence-corrected chi connectivity index (χ1v) is 16.1. The van der Waals surface area contributed by atoms with Crippen molar-refractivity contribution >= 4 is 12.0 Å². The van der Waals surface area contributed by atoms with Crippen LogP contribution in [-0.4, -0.2) is 40.4 Å². The van der Waals surface area contributed by atoms with Crippen LogP contribution < -0.4 is 10.6 Å². The van der Waals surface area contributed by atoms with E-state index in [4.69, 9.17) is 4.74 Å². The van der Waals surface area contributed by atoms with Crippen molar-refractivity contribution in [3.63, 3.8) is 0 Å².